The number of nitro groups is 1. The summed E-state index contributed by atoms with van der Waals surface area (Å²) in [6.45, 7) is 0. The van der Waals surface area contributed by atoms with E-state index in [4.69, 9.17) is 16.0 Å². The van der Waals surface area contributed by atoms with Crippen molar-refractivity contribution in [3.63, 3.8) is 0 Å². The monoisotopic (exact) mass is 437 g/mol. The number of carbonyl (C=O) groups excluding carboxylic acids is 3. The summed E-state index contributed by atoms with van der Waals surface area (Å²) >= 11 is 5.84. The lowest BCUT2D eigenvalue weighted by Crippen LogP contribution is -2.54. The van der Waals surface area contributed by atoms with Crippen LogP contribution >= 0.6 is 11.6 Å². The summed E-state index contributed by atoms with van der Waals surface area (Å²) in [4.78, 5) is 48.9. The molecule has 0 saturated carbocycles. The second kappa shape index (κ2) is 7.88. The Morgan fingerprint density at radius 3 is 2.42 bits per heavy atom. The molecule has 1 aromatic heterocycles. The third kappa shape index (κ3) is 3.81. The Kier molecular flexibility index (Phi) is 5.10. The summed E-state index contributed by atoms with van der Waals surface area (Å²) in [5.41, 5.74) is -0.0139. The number of nitrogens with zero attached hydrogens (tertiary/aromatic N) is 2. The standard InChI is InChI=1S/C21H12ClN3O6/c22-12-5-7-13(8-6-12)24-20(27)16(19(26)23-21(24)28)11-14-9-10-18(31-14)15-3-1-2-4-17(15)25(29)30/h1-11H,(H,23,26,28). The van der Waals surface area contributed by atoms with E-state index >= 15 is 0 Å². The van der Waals surface area contributed by atoms with Crippen LogP contribution in [0, 0.1) is 10.1 Å². The Labute approximate surface area is 179 Å². The van der Waals surface area contributed by atoms with Gasteiger partial charge in [-0.3, -0.25) is 25.0 Å². The molecule has 0 aliphatic carbocycles. The zero-order chi connectivity index (χ0) is 22.1. The molecule has 1 fully saturated rings. The fraction of sp³-hybridized carbons (Fsp3) is 0. The molecule has 2 aromatic carbocycles. The van der Waals surface area contributed by atoms with Crippen molar-refractivity contribution in [1.82, 2.24) is 5.32 Å². The van der Waals surface area contributed by atoms with Gasteiger partial charge in [-0.1, -0.05) is 23.7 Å². The molecule has 4 amide bonds. The fourth-order valence-electron chi connectivity index (χ4n) is 3.04. The first kappa shape index (κ1) is 20.0. The zero-order valence-corrected chi connectivity index (χ0v) is 16.3. The molecule has 2 heterocycles. The van der Waals surface area contributed by atoms with Crippen molar-refractivity contribution >= 4 is 46.9 Å². The van der Waals surface area contributed by atoms with Crippen LogP contribution in [0.5, 0.6) is 0 Å². The molecule has 10 heteroatoms. The van der Waals surface area contributed by atoms with Crippen LogP contribution in [-0.4, -0.2) is 22.8 Å². The van der Waals surface area contributed by atoms with Gasteiger partial charge >= 0.3 is 6.03 Å². The Morgan fingerprint density at radius 1 is 1.00 bits per heavy atom. The molecule has 0 atom stereocenters. The molecular formula is C21H12ClN3O6. The largest absolute Gasteiger partial charge is 0.456 e. The SMILES string of the molecule is O=C1NC(=O)N(c2ccc(Cl)cc2)C(=O)C1=Cc1ccc(-c2ccccc2[N+](=O)[O-])o1. The number of furan rings is 1. The van der Waals surface area contributed by atoms with Gasteiger partial charge in [0, 0.05) is 11.1 Å². The van der Waals surface area contributed by atoms with Crippen molar-refractivity contribution in [2.24, 2.45) is 0 Å². The van der Waals surface area contributed by atoms with E-state index in [1.165, 1.54) is 60.7 Å². The average molecular weight is 438 g/mol. The van der Waals surface area contributed by atoms with E-state index in [0.717, 1.165) is 4.90 Å². The number of barbiturate groups is 1. The van der Waals surface area contributed by atoms with Gasteiger partial charge in [-0.25, -0.2) is 9.69 Å². The van der Waals surface area contributed by atoms with E-state index in [2.05, 4.69) is 5.32 Å². The maximum absolute atomic E-state index is 12.9. The molecule has 0 radical (unpaired) electrons. The quantitative estimate of drug-likeness (QED) is 0.283. The predicted octanol–water partition coefficient (Wildman–Crippen LogP) is 4.17. The summed E-state index contributed by atoms with van der Waals surface area (Å²) in [6.07, 6.45) is 1.17. The van der Waals surface area contributed by atoms with Crippen molar-refractivity contribution in [3.8, 4) is 11.3 Å². The summed E-state index contributed by atoms with van der Waals surface area (Å²) in [5.74, 6) is -1.44. The van der Waals surface area contributed by atoms with Gasteiger partial charge in [0.1, 0.15) is 17.1 Å². The number of carbonyl (C=O) groups is 3. The minimum Gasteiger partial charge on any atom is -0.456 e. The number of rotatable bonds is 4. The molecule has 1 aliphatic heterocycles. The number of urea groups is 1. The van der Waals surface area contributed by atoms with Crippen LogP contribution in [0.1, 0.15) is 5.76 Å². The number of para-hydroxylation sites is 1. The molecule has 0 unspecified atom stereocenters. The second-order valence-corrected chi connectivity index (χ2v) is 6.85. The molecular weight excluding hydrogens is 426 g/mol. The first-order chi connectivity index (χ1) is 14.8. The van der Waals surface area contributed by atoms with E-state index in [9.17, 15) is 24.5 Å². The summed E-state index contributed by atoms with van der Waals surface area (Å²) in [5, 5.41) is 13.8. The van der Waals surface area contributed by atoms with Crippen molar-refractivity contribution in [3.05, 3.63) is 87.1 Å². The van der Waals surface area contributed by atoms with Crippen molar-refractivity contribution in [1.29, 1.82) is 0 Å². The molecule has 154 valence electrons. The highest BCUT2D eigenvalue weighted by atomic mass is 35.5. The minimum absolute atomic E-state index is 0.108. The predicted molar refractivity (Wildman–Crippen MR) is 111 cm³/mol. The summed E-state index contributed by atoms with van der Waals surface area (Å²) < 4.78 is 5.61. The molecule has 0 bridgehead atoms. The maximum atomic E-state index is 12.9. The number of nitro benzene ring substituents is 1. The molecule has 3 aromatic rings. The third-order valence-corrected chi connectivity index (χ3v) is 4.72. The normalized spacial score (nSPS) is 15.3. The van der Waals surface area contributed by atoms with E-state index in [1.807, 2.05) is 0 Å². The van der Waals surface area contributed by atoms with E-state index < -0.39 is 22.8 Å². The molecule has 9 nitrogen and oxygen atoms in total. The van der Waals surface area contributed by atoms with Crippen molar-refractivity contribution in [2.75, 3.05) is 4.90 Å². The van der Waals surface area contributed by atoms with Crippen LogP contribution in [0.25, 0.3) is 17.4 Å². The molecule has 4 rings (SSSR count). The van der Waals surface area contributed by atoms with Crippen LogP contribution in [0.2, 0.25) is 5.02 Å². The van der Waals surface area contributed by atoms with Crippen LogP contribution in [0.15, 0.2) is 70.7 Å². The lowest BCUT2D eigenvalue weighted by atomic mass is 10.1. The first-order valence-electron chi connectivity index (χ1n) is 8.86. The molecule has 0 spiro atoms. The average Bonchev–Trinajstić information content (AvgIpc) is 3.21. The highest BCUT2D eigenvalue weighted by Crippen LogP contribution is 2.32. The van der Waals surface area contributed by atoms with Gasteiger partial charge in [-0.05, 0) is 48.5 Å². The number of nitrogens with one attached hydrogen (secondary N) is 1. The number of benzene rings is 2. The first-order valence-corrected chi connectivity index (χ1v) is 9.23. The number of anilines is 1. The Bertz CT molecular complexity index is 1260. The van der Waals surface area contributed by atoms with Gasteiger partial charge in [0.15, 0.2) is 0 Å². The number of hydrogen-bond donors (Lipinski definition) is 1. The van der Waals surface area contributed by atoms with E-state index in [0.29, 0.717) is 5.02 Å². The van der Waals surface area contributed by atoms with E-state index in [-0.39, 0.29) is 34.0 Å². The maximum Gasteiger partial charge on any atom is 0.335 e. The summed E-state index contributed by atoms with van der Waals surface area (Å²) in [7, 11) is 0. The van der Waals surface area contributed by atoms with Gasteiger partial charge in [0.05, 0.1) is 16.2 Å². The number of hydrogen-bond acceptors (Lipinski definition) is 6. The van der Waals surface area contributed by atoms with Gasteiger partial charge in [0.25, 0.3) is 17.5 Å². The van der Waals surface area contributed by atoms with Crippen LogP contribution in [0.4, 0.5) is 16.2 Å². The number of imide groups is 2. The fourth-order valence-corrected chi connectivity index (χ4v) is 3.17. The lowest BCUT2D eigenvalue weighted by Gasteiger charge is -2.26. The van der Waals surface area contributed by atoms with Crippen molar-refractivity contribution in [2.45, 2.75) is 0 Å². The Balaban J connectivity index is 1.69. The Morgan fingerprint density at radius 2 is 1.71 bits per heavy atom. The summed E-state index contributed by atoms with van der Waals surface area (Å²) in [6, 6.07) is 14.0. The van der Waals surface area contributed by atoms with Crippen LogP contribution < -0.4 is 10.2 Å². The van der Waals surface area contributed by atoms with E-state index in [1.54, 1.807) is 6.07 Å². The van der Waals surface area contributed by atoms with Gasteiger partial charge < -0.3 is 4.42 Å². The van der Waals surface area contributed by atoms with Gasteiger partial charge in [-0.15, -0.1) is 0 Å². The topological polar surface area (TPSA) is 123 Å². The smallest absolute Gasteiger partial charge is 0.335 e. The number of halogens is 1. The van der Waals surface area contributed by atoms with Crippen LogP contribution in [0.3, 0.4) is 0 Å². The zero-order valence-electron chi connectivity index (χ0n) is 15.6. The minimum atomic E-state index is -0.894. The third-order valence-electron chi connectivity index (χ3n) is 4.47. The van der Waals surface area contributed by atoms with Crippen LogP contribution in [-0.2, 0) is 9.59 Å². The number of amides is 4. The Hall–Kier alpha value is -4.24. The lowest BCUT2D eigenvalue weighted by molar-refractivity contribution is -0.384. The molecule has 1 N–H and O–H groups in total. The highest BCUT2D eigenvalue weighted by Gasteiger charge is 2.37. The second-order valence-electron chi connectivity index (χ2n) is 6.41. The highest BCUT2D eigenvalue weighted by molar-refractivity contribution is 6.39. The molecule has 1 aliphatic rings. The van der Waals surface area contributed by atoms with Gasteiger partial charge in [0.2, 0.25) is 0 Å². The molecule has 1 saturated heterocycles. The van der Waals surface area contributed by atoms with Crippen molar-refractivity contribution < 1.29 is 23.7 Å². The molecule has 31 heavy (non-hydrogen) atoms. The van der Waals surface area contributed by atoms with Gasteiger partial charge in [-0.2, -0.15) is 0 Å².